The van der Waals surface area contributed by atoms with Crippen LogP contribution >= 0.6 is 0 Å². The molecule has 3 aliphatic rings. The van der Waals surface area contributed by atoms with Crippen LogP contribution in [-0.2, 0) is 27.3 Å². The van der Waals surface area contributed by atoms with Crippen molar-refractivity contribution in [3.63, 3.8) is 0 Å². The smallest absolute Gasteiger partial charge is 0.230 e. The summed E-state index contributed by atoms with van der Waals surface area (Å²) < 4.78 is 6.22. The number of hydrogen-bond donors (Lipinski definition) is 0. The lowest BCUT2D eigenvalue weighted by Crippen LogP contribution is -2.45. The van der Waals surface area contributed by atoms with Crippen LogP contribution in [0.2, 0.25) is 0 Å². The molecular formula is C23H24N4O3. The van der Waals surface area contributed by atoms with Gasteiger partial charge < -0.3 is 14.5 Å². The lowest BCUT2D eigenvalue weighted by atomic mass is 9.76. The summed E-state index contributed by atoms with van der Waals surface area (Å²) in [6.45, 7) is 1.50. The number of fused-ring (bicyclic) bond motifs is 1. The van der Waals surface area contributed by atoms with E-state index in [1.807, 2.05) is 42.5 Å². The van der Waals surface area contributed by atoms with Gasteiger partial charge in [-0.1, -0.05) is 24.3 Å². The zero-order valence-electron chi connectivity index (χ0n) is 16.8. The van der Waals surface area contributed by atoms with Crippen molar-refractivity contribution in [1.82, 2.24) is 19.8 Å². The Morgan fingerprint density at radius 3 is 2.97 bits per heavy atom. The fourth-order valence-electron chi connectivity index (χ4n) is 4.90. The highest BCUT2D eigenvalue weighted by Crippen LogP contribution is 2.52. The van der Waals surface area contributed by atoms with Crippen LogP contribution in [0.3, 0.4) is 0 Å². The molecule has 30 heavy (non-hydrogen) atoms. The number of carbonyl (C=O) groups is 2. The van der Waals surface area contributed by atoms with Gasteiger partial charge in [-0.15, -0.1) is 0 Å². The topological polar surface area (TPSA) is 75.6 Å². The average molecular weight is 404 g/mol. The van der Waals surface area contributed by atoms with E-state index in [2.05, 4.69) is 9.97 Å². The molecule has 0 unspecified atom stereocenters. The molecule has 3 aliphatic heterocycles. The molecule has 2 aromatic heterocycles. The van der Waals surface area contributed by atoms with E-state index < -0.39 is 17.4 Å². The number of likely N-dealkylation sites (N-methyl/N-ethyl adjacent to an activating group) is 1. The maximum atomic E-state index is 13.3. The molecule has 4 atom stereocenters. The minimum atomic E-state index is -0.688. The summed E-state index contributed by atoms with van der Waals surface area (Å²) >= 11 is 0. The molecule has 2 saturated heterocycles. The Labute approximate surface area is 175 Å². The molecule has 0 saturated carbocycles. The molecule has 1 spiro atoms. The Morgan fingerprint density at radius 1 is 1.30 bits per heavy atom. The van der Waals surface area contributed by atoms with Crippen LogP contribution in [0.5, 0.6) is 0 Å². The summed E-state index contributed by atoms with van der Waals surface area (Å²) in [5.41, 5.74) is 1.22. The molecule has 2 aromatic rings. The van der Waals surface area contributed by atoms with Gasteiger partial charge in [-0.2, -0.15) is 0 Å². The van der Waals surface area contributed by atoms with E-state index in [-0.39, 0.29) is 17.9 Å². The van der Waals surface area contributed by atoms with Crippen LogP contribution in [0.25, 0.3) is 0 Å². The van der Waals surface area contributed by atoms with Crippen molar-refractivity contribution in [3.05, 3.63) is 72.3 Å². The van der Waals surface area contributed by atoms with E-state index in [4.69, 9.17) is 4.74 Å². The van der Waals surface area contributed by atoms with Gasteiger partial charge in [-0.3, -0.25) is 19.6 Å². The first-order valence-electron chi connectivity index (χ1n) is 10.3. The van der Waals surface area contributed by atoms with E-state index in [1.54, 1.807) is 35.4 Å². The summed E-state index contributed by atoms with van der Waals surface area (Å²) in [6.07, 6.45) is 9.52. The van der Waals surface area contributed by atoms with Crippen molar-refractivity contribution in [1.29, 1.82) is 0 Å². The Morgan fingerprint density at radius 2 is 2.20 bits per heavy atom. The predicted octanol–water partition coefficient (Wildman–Crippen LogP) is 1.46. The lowest BCUT2D eigenvalue weighted by Gasteiger charge is -2.27. The van der Waals surface area contributed by atoms with Crippen LogP contribution in [0.15, 0.2) is 61.1 Å². The van der Waals surface area contributed by atoms with Gasteiger partial charge in [0.25, 0.3) is 0 Å². The van der Waals surface area contributed by atoms with Crippen LogP contribution in [0.1, 0.15) is 11.3 Å². The highest BCUT2D eigenvalue weighted by molar-refractivity contribution is 5.93. The number of likely N-dealkylation sites (tertiary alicyclic amines) is 1. The zero-order chi connectivity index (χ0) is 20.7. The number of rotatable bonds is 6. The SMILES string of the molecule is CN(CCc1ccccn1)C(=O)[C@H]1[C@@H]2C=C[C@@]3(CN(Cc4cccnc4)C(=O)[C@H]13)O2. The number of nitrogens with zero attached hydrogens (tertiary/aromatic N) is 4. The van der Waals surface area contributed by atoms with Crippen molar-refractivity contribution in [2.45, 2.75) is 24.7 Å². The van der Waals surface area contributed by atoms with Crippen molar-refractivity contribution in [2.75, 3.05) is 20.1 Å². The van der Waals surface area contributed by atoms with Crippen molar-refractivity contribution in [3.8, 4) is 0 Å². The summed E-state index contributed by atoms with van der Waals surface area (Å²) in [4.78, 5) is 38.6. The fourth-order valence-corrected chi connectivity index (χ4v) is 4.90. The molecule has 2 bridgehead atoms. The van der Waals surface area contributed by atoms with Crippen LogP contribution in [-0.4, -0.2) is 63.4 Å². The van der Waals surface area contributed by atoms with Crippen molar-refractivity contribution >= 4 is 11.8 Å². The number of hydrogen-bond acceptors (Lipinski definition) is 5. The minimum Gasteiger partial charge on any atom is -0.360 e. The second kappa shape index (κ2) is 7.32. The minimum absolute atomic E-state index is 0.0119. The Bertz CT molecular complexity index is 980. The number of amides is 2. The third kappa shape index (κ3) is 3.10. The quantitative estimate of drug-likeness (QED) is 0.682. The fraction of sp³-hybridized carbons (Fsp3) is 0.391. The second-order valence-electron chi connectivity index (χ2n) is 8.29. The third-order valence-electron chi connectivity index (χ3n) is 6.37. The van der Waals surface area contributed by atoms with E-state index in [0.29, 0.717) is 26.1 Å². The molecule has 0 aliphatic carbocycles. The normalized spacial score (nSPS) is 28.8. The highest BCUT2D eigenvalue weighted by Gasteiger charge is 2.67. The van der Waals surface area contributed by atoms with E-state index in [0.717, 1.165) is 11.3 Å². The van der Waals surface area contributed by atoms with Gasteiger partial charge in [-0.05, 0) is 23.8 Å². The van der Waals surface area contributed by atoms with Gasteiger partial charge in [0, 0.05) is 50.8 Å². The monoisotopic (exact) mass is 404 g/mol. The Balaban J connectivity index is 1.31. The van der Waals surface area contributed by atoms with Crippen LogP contribution < -0.4 is 0 Å². The standard InChI is InChI=1S/C23H24N4O3/c1-26(12-8-17-6-2-3-11-25-17)21(28)19-18-7-9-23(30-18)15-27(22(29)20(19)23)14-16-5-4-10-24-13-16/h2-7,9-11,13,18-20H,8,12,14-15H2,1H3/t18-,19-,20-,23-/m0/s1. The molecule has 7 nitrogen and oxygen atoms in total. The van der Waals surface area contributed by atoms with Crippen LogP contribution in [0.4, 0.5) is 0 Å². The van der Waals surface area contributed by atoms with Gasteiger partial charge in [0.15, 0.2) is 0 Å². The largest absolute Gasteiger partial charge is 0.360 e. The second-order valence-corrected chi connectivity index (χ2v) is 8.29. The summed E-state index contributed by atoms with van der Waals surface area (Å²) in [6, 6.07) is 9.58. The molecular weight excluding hydrogens is 380 g/mol. The van der Waals surface area contributed by atoms with Gasteiger partial charge in [0.1, 0.15) is 5.60 Å². The molecule has 7 heteroatoms. The number of carbonyl (C=O) groups excluding carboxylic acids is 2. The maximum absolute atomic E-state index is 13.3. The molecule has 0 N–H and O–H groups in total. The van der Waals surface area contributed by atoms with Crippen LogP contribution in [0, 0.1) is 11.8 Å². The zero-order valence-corrected chi connectivity index (χ0v) is 16.8. The molecule has 0 radical (unpaired) electrons. The first-order chi connectivity index (χ1) is 14.6. The third-order valence-corrected chi connectivity index (χ3v) is 6.37. The van der Waals surface area contributed by atoms with E-state index in [1.165, 1.54) is 0 Å². The predicted molar refractivity (Wildman–Crippen MR) is 109 cm³/mol. The molecule has 5 heterocycles. The summed E-state index contributed by atoms with van der Waals surface area (Å²) in [5.74, 6) is -0.991. The van der Waals surface area contributed by atoms with E-state index in [9.17, 15) is 9.59 Å². The Hall–Kier alpha value is -3.06. The van der Waals surface area contributed by atoms with Gasteiger partial charge in [0.05, 0.1) is 24.5 Å². The first kappa shape index (κ1) is 18.9. The highest BCUT2D eigenvalue weighted by atomic mass is 16.5. The molecule has 5 rings (SSSR count). The maximum Gasteiger partial charge on any atom is 0.230 e. The van der Waals surface area contributed by atoms with Gasteiger partial charge in [-0.25, -0.2) is 0 Å². The van der Waals surface area contributed by atoms with Crippen molar-refractivity contribution < 1.29 is 14.3 Å². The summed E-state index contributed by atoms with van der Waals surface area (Å²) in [7, 11) is 1.79. The van der Waals surface area contributed by atoms with E-state index >= 15 is 0 Å². The molecule has 2 amide bonds. The van der Waals surface area contributed by atoms with Gasteiger partial charge >= 0.3 is 0 Å². The summed E-state index contributed by atoms with van der Waals surface area (Å²) in [5, 5.41) is 0. The number of pyridine rings is 2. The van der Waals surface area contributed by atoms with Gasteiger partial charge in [0.2, 0.25) is 11.8 Å². The molecule has 0 aromatic carbocycles. The van der Waals surface area contributed by atoms with Crippen molar-refractivity contribution in [2.24, 2.45) is 11.8 Å². The molecule has 154 valence electrons. The Kier molecular flexibility index (Phi) is 4.62. The number of ether oxygens (including phenoxy) is 1. The lowest BCUT2D eigenvalue weighted by molar-refractivity contribution is -0.142. The molecule has 2 fully saturated rings. The number of aromatic nitrogens is 2. The first-order valence-corrected chi connectivity index (χ1v) is 10.3. The average Bonchev–Trinajstić information content (AvgIpc) is 3.41.